The summed E-state index contributed by atoms with van der Waals surface area (Å²) in [7, 11) is 1.53. The smallest absolute Gasteiger partial charge is 0.362 e. The molecular formula is C13H14BrF3N4O2. The van der Waals surface area contributed by atoms with Crippen molar-refractivity contribution in [2.75, 3.05) is 0 Å². The number of hydrogen-bond donors (Lipinski definition) is 1. The van der Waals surface area contributed by atoms with E-state index in [0.717, 1.165) is 0 Å². The van der Waals surface area contributed by atoms with E-state index >= 15 is 0 Å². The third kappa shape index (κ3) is 2.38. The molecule has 0 aromatic carbocycles. The molecule has 3 rings (SSSR count). The number of alkyl halides is 3. The molecule has 2 aliphatic rings. The summed E-state index contributed by atoms with van der Waals surface area (Å²) in [6.07, 6.45) is -1.85. The fourth-order valence-electron chi connectivity index (χ4n) is 3.12. The molecule has 1 aliphatic carbocycles. The summed E-state index contributed by atoms with van der Waals surface area (Å²) in [4.78, 5) is 12.5. The summed E-state index contributed by atoms with van der Waals surface area (Å²) < 4.78 is 42.3. The number of halogens is 4. The Morgan fingerprint density at radius 1 is 1.48 bits per heavy atom. The van der Waals surface area contributed by atoms with Gasteiger partial charge >= 0.3 is 6.18 Å². The molecule has 6 nitrogen and oxygen atoms in total. The molecule has 1 aromatic heterocycles. The highest BCUT2D eigenvalue weighted by atomic mass is 79.9. The summed E-state index contributed by atoms with van der Waals surface area (Å²) in [6, 6.07) is 0. The molecule has 1 aliphatic heterocycles. The highest BCUT2D eigenvalue weighted by Gasteiger charge is 2.68. The van der Waals surface area contributed by atoms with Crippen molar-refractivity contribution in [2.45, 2.75) is 37.6 Å². The molecule has 0 unspecified atom stereocenters. The van der Waals surface area contributed by atoms with Crippen LogP contribution in [0.15, 0.2) is 15.8 Å². The Balaban J connectivity index is 2.06. The van der Waals surface area contributed by atoms with Crippen molar-refractivity contribution in [2.24, 2.45) is 18.1 Å². The number of nitrogens with zero attached hydrogens (tertiary/aromatic N) is 4. The minimum atomic E-state index is -5.02. The molecule has 0 radical (unpaired) electrons. The van der Waals surface area contributed by atoms with Crippen LogP contribution in [0, 0.1) is 5.92 Å². The van der Waals surface area contributed by atoms with E-state index in [4.69, 9.17) is 0 Å². The number of hydrazone groups is 1. The van der Waals surface area contributed by atoms with Crippen molar-refractivity contribution in [3.05, 3.63) is 16.4 Å². The monoisotopic (exact) mass is 394 g/mol. The summed E-state index contributed by atoms with van der Waals surface area (Å²) >= 11 is 3.09. The zero-order chi connectivity index (χ0) is 17.0. The number of aliphatic hydroxyl groups is 1. The molecule has 1 aromatic rings. The average molecular weight is 395 g/mol. The first kappa shape index (κ1) is 16.4. The topological polar surface area (TPSA) is 70.7 Å². The number of aryl methyl sites for hydroxylation is 1. The third-order valence-corrected chi connectivity index (χ3v) is 4.79. The molecule has 1 amide bonds. The van der Waals surface area contributed by atoms with Gasteiger partial charge in [0, 0.05) is 19.0 Å². The number of hydrogen-bond acceptors (Lipinski definition) is 4. The minimum Gasteiger partial charge on any atom is -0.362 e. The second kappa shape index (κ2) is 5.30. The first-order valence-corrected chi connectivity index (χ1v) is 7.85. The van der Waals surface area contributed by atoms with Gasteiger partial charge in [-0.2, -0.15) is 28.4 Å². The minimum absolute atomic E-state index is 0.141. The Hall–Kier alpha value is -1.42. The number of aromatic nitrogens is 2. The van der Waals surface area contributed by atoms with Gasteiger partial charge in [-0.05, 0) is 35.2 Å². The zero-order valence-electron chi connectivity index (χ0n) is 12.1. The number of fused-ring (bicyclic) bond motifs is 1. The first-order chi connectivity index (χ1) is 10.7. The standard InChI is InChI=1S/C13H14BrF3N4O2/c1-20-6-8(14)10(19-20)11(22)21-12(23,13(15,16)17)7-4-2-3-5-9(7)18-21/h6-7,23H,2-5H2,1H3/t7-,12+/m0/s1. The lowest BCUT2D eigenvalue weighted by Gasteiger charge is -2.37. The summed E-state index contributed by atoms with van der Waals surface area (Å²) in [5.74, 6) is -2.30. The number of amides is 1. The Bertz CT molecular complexity index is 687. The van der Waals surface area contributed by atoms with Gasteiger partial charge in [-0.15, -0.1) is 0 Å². The van der Waals surface area contributed by atoms with Gasteiger partial charge in [0.25, 0.3) is 11.6 Å². The van der Waals surface area contributed by atoms with Crippen LogP contribution in [-0.2, 0) is 7.05 Å². The lowest BCUT2D eigenvalue weighted by molar-refractivity contribution is -0.312. The second-order valence-corrected chi connectivity index (χ2v) is 6.58. The zero-order valence-corrected chi connectivity index (χ0v) is 13.7. The Kier molecular flexibility index (Phi) is 3.79. The van der Waals surface area contributed by atoms with Crippen LogP contribution in [-0.4, -0.2) is 43.4 Å². The maximum absolute atomic E-state index is 13.6. The number of carbonyl (C=O) groups excluding carboxylic acids is 1. The molecule has 0 saturated heterocycles. The maximum atomic E-state index is 13.6. The summed E-state index contributed by atoms with van der Waals surface area (Å²) in [5.41, 5.74) is -3.33. The van der Waals surface area contributed by atoms with Crippen molar-refractivity contribution in [1.82, 2.24) is 14.8 Å². The largest absolute Gasteiger partial charge is 0.439 e. The van der Waals surface area contributed by atoms with Gasteiger partial charge in [0.05, 0.1) is 10.4 Å². The second-order valence-electron chi connectivity index (χ2n) is 5.73. The quantitative estimate of drug-likeness (QED) is 0.794. The molecule has 2 heterocycles. The summed E-state index contributed by atoms with van der Waals surface area (Å²) in [5, 5.41) is 18.3. The first-order valence-electron chi connectivity index (χ1n) is 7.06. The maximum Gasteiger partial charge on any atom is 0.439 e. The summed E-state index contributed by atoms with van der Waals surface area (Å²) in [6.45, 7) is 0. The average Bonchev–Trinajstić information content (AvgIpc) is 2.96. The van der Waals surface area contributed by atoms with Crippen molar-refractivity contribution < 1.29 is 23.1 Å². The molecule has 23 heavy (non-hydrogen) atoms. The van der Waals surface area contributed by atoms with Gasteiger partial charge in [-0.3, -0.25) is 9.48 Å². The number of rotatable bonds is 1. The molecule has 10 heteroatoms. The number of carbonyl (C=O) groups is 1. The predicted molar refractivity (Wildman–Crippen MR) is 77.5 cm³/mol. The molecule has 2 atom stereocenters. The SMILES string of the molecule is Cn1cc(Br)c(C(=O)N2N=C3CCCC[C@@H]3[C@@]2(O)C(F)(F)F)n1. The van der Waals surface area contributed by atoms with Gasteiger partial charge in [0.15, 0.2) is 5.69 Å². The predicted octanol–water partition coefficient (Wildman–Crippen LogP) is 2.44. The normalized spacial score (nSPS) is 27.8. The lowest BCUT2D eigenvalue weighted by Crippen LogP contribution is -2.61. The van der Waals surface area contributed by atoms with Crippen LogP contribution < -0.4 is 0 Å². The third-order valence-electron chi connectivity index (χ3n) is 4.21. The van der Waals surface area contributed by atoms with Crippen molar-refractivity contribution in [1.29, 1.82) is 0 Å². The van der Waals surface area contributed by atoms with Crippen LogP contribution in [0.1, 0.15) is 36.2 Å². The van der Waals surface area contributed by atoms with Crippen molar-refractivity contribution in [3.63, 3.8) is 0 Å². The van der Waals surface area contributed by atoms with E-state index in [1.807, 2.05) is 0 Å². The molecule has 0 spiro atoms. The highest BCUT2D eigenvalue weighted by molar-refractivity contribution is 9.10. The Morgan fingerprint density at radius 2 is 2.17 bits per heavy atom. The van der Waals surface area contributed by atoms with Gasteiger partial charge in [0.1, 0.15) is 0 Å². The Morgan fingerprint density at radius 3 is 2.74 bits per heavy atom. The van der Waals surface area contributed by atoms with Crippen LogP contribution in [0.25, 0.3) is 0 Å². The van der Waals surface area contributed by atoms with Crippen molar-refractivity contribution >= 4 is 27.5 Å². The molecule has 1 N–H and O–H groups in total. The fraction of sp³-hybridized carbons (Fsp3) is 0.615. The van der Waals surface area contributed by atoms with Crippen molar-refractivity contribution in [3.8, 4) is 0 Å². The fourth-order valence-corrected chi connectivity index (χ4v) is 3.67. The van der Waals surface area contributed by atoms with E-state index in [2.05, 4.69) is 26.1 Å². The molecule has 0 bridgehead atoms. The lowest BCUT2D eigenvalue weighted by atomic mass is 9.80. The van der Waals surface area contributed by atoms with Gasteiger partial charge in [-0.1, -0.05) is 6.42 Å². The van der Waals surface area contributed by atoms with Gasteiger partial charge in [-0.25, -0.2) is 0 Å². The van der Waals surface area contributed by atoms with E-state index in [9.17, 15) is 23.1 Å². The van der Waals surface area contributed by atoms with E-state index < -0.39 is 23.7 Å². The molecule has 1 fully saturated rings. The Labute approximate surface area is 138 Å². The van der Waals surface area contributed by atoms with Gasteiger partial charge in [0.2, 0.25) is 0 Å². The van der Waals surface area contributed by atoms with E-state index in [1.54, 1.807) is 0 Å². The molecule has 1 saturated carbocycles. The van der Waals surface area contributed by atoms with Crippen LogP contribution in [0.4, 0.5) is 13.2 Å². The van der Waals surface area contributed by atoms with E-state index in [-0.39, 0.29) is 27.3 Å². The van der Waals surface area contributed by atoms with Crippen LogP contribution >= 0.6 is 15.9 Å². The van der Waals surface area contributed by atoms with Crippen LogP contribution in [0.2, 0.25) is 0 Å². The van der Waals surface area contributed by atoms with Crippen LogP contribution in [0.3, 0.4) is 0 Å². The van der Waals surface area contributed by atoms with E-state index in [0.29, 0.717) is 19.3 Å². The van der Waals surface area contributed by atoms with E-state index in [1.165, 1.54) is 17.9 Å². The highest BCUT2D eigenvalue weighted by Crippen LogP contribution is 2.48. The molecular weight excluding hydrogens is 381 g/mol. The van der Waals surface area contributed by atoms with Crippen LogP contribution in [0.5, 0.6) is 0 Å². The van der Waals surface area contributed by atoms with Gasteiger partial charge < -0.3 is 5.11 Å². The molecule has 126 valence electrons.